The average molecular weight is 560 g/mol. The number of unbranched alkanes of at least 4 members (excludes halogenated alkanes) is 1. The van der Waals surface area contributed by atoms with Crippen LogP contribution in [0.2, 0.25) is 0 Å². The number of carbonyl (C=O) groups is 1. The van der Waals surface area contributed by atoms with Crippen molar-refractivity contribution in [2.24, 2.45) is 0 Å². The van der Waals surface area contributed by atoms with Crippen LogP contribution in [-0.4, -0.2) is 43.4 Å². The topological polar surface area (TPSA) is 83.8 Å². The molecule has 41 heavy (non-hydrogen) atoms. The predicted molar refractivity (Wildman–Crippen MR) is 162 cm³/mol. The molecule has 0 saturated heterocycles. The number of hydrogen-bond acceptors (Lipinski definition) is 6. The minimum Gasteiger partial charge on any atom is -0.493 e. The van der Waals surface area contributed by atoms with Crippen LogP contribution in [0.1, 0.15) is 72.9 Å². The van der Waals surface area contributed by atoms with Crippen molar-refractivity contribution in [2.45, 2.75) is 59.0 Å². The third-order valence-corrected chi connectivity index (χ3v) is 7.17. The van der Waals surface area contributed by atoms with Gasteiger partial charge in [0.2, 0.25) is 5.75 Å². The highest BCUT2D eigenvalue weighted by Gasteiger charge is 2.22. The van der Waals surface area contributed by atoms with Crippen molar-refractivity contribution in [3.63, 3.8) is 0 Å². The molecular formula is C33H41N3O5. The van der Waals surface area contributed by atoms with Gasteiger partial charge in [-0.05, 0) is 74.1 Å². The van der Waals surface area contributed by atoms with E-state index in [-0.39, 0.29) is 11.9 Å². The molecule has 1 amide bonds. The lowest BCUT2D eigenvalue weighted by Crippen LogP contribution is -2.29. The van der Waals surface area contributed by atoms with Crippen LogP contribution in [-0.2, 0) is 6.54 Å². The number of ether oxygens (including phenoxy) is 4. The fourth-order valence-electron chi connectivity index (χ4n) is 5.01. The minimum absolute atomic E-state index is 0.261. The SMILES string of the molecule is COc1cc(C(=O)NC(C)c2nc3ccccc3n2CCCCOc2cc(C)ccc2C(C)C)cc(OC)c1OC. The van der Waals surface area contributed by atoms with Gasteiger partial charge in [0.15, 0.2) is 11.5 Å². The Kier molecular flexibility index (Phi) is 9.76. The van der Waals surface area contributed by atoms with Gasteiger partial charge in [0.25, 0.3) is 5.91 Å². The lowest BCUT2D eigenvalue weighted by atomic mass is 10.0. The predicted octanol–water partition coefficient (Wildman–Crippen LogP) is 6.84. The van der Waals surface area contributed by atoms with Crippen molar-refractivity contribution >= 4 is 16.9 Å². The van der Waals surface area contributed by atoms with Crippen molar-refractivity contribution in [1.29, 1.82) is 0 Å². The molecule has 0 spiro atoms. The summed E-state index contributed by atoms with van der Waals surface area (Å²) in [6, 6.07) is 17.4. The third kappa shape index (κ3) is 6.76. The van der Waals surface area contributed by atoms with E-state index in [1.165, 1.54) is 32.5 Å². The maximum Gasteiger partial charge on any atom is 0.252 e. The maximum atomic E-state index is 13.3. The normalized spacial score (nSPS) is 11.9. The van der Waals surface area contributed by atoms with Crippen molar-refractivity contribution in [3.8, 4) is 23.0 Å². The highest BCUT2D eigenvalue weighted by Crippen LogP contribution is 2.38. The Morgan fingerprint density at radius 1 is 0.902 bits per heavy atom. The Hall–Kier alpha value is -4.20. The molecule has 0 aliphatic heterocycles. The maximum absolute atomic E-state index is 13.3. The highest BCUT2D eigenvalue weighted by molar-refractivity contribution is 5.96. The fourth-order valence-corrected chi connectivity index (χ4v) is 5.01. The van der Waals surface area contributed by atoms with Crippen molar-refractivity contribution in [1.82, 2.24) is 14.9 Å². The van der Waals surface area contributed by atoms with Crippen LogP contribution in [0.3, 0.4) is 0 Å². The van der Waals surface area contributed by atoms with E-state index in [1.54, 1.807) is 12.1 Å². The molecule has 1 unspecified atom stereocenters. The third-order valence-electron chi connectivity index (χ3n) is 7.17. The Bertz CT molecular complexity index is 1470. The summed E-state index contributed by atoms with van der Waals surface area (Å²) >= 11 is 0. The molecule has 0 aliphatic rings. The zero-order valence-electron chi connectivity index (χ0n) is 25.1. The zero-order chi connectivity index (χ0) is 29.5. The first-order valence-electron chi connectivity index (χ1n) is 14.1. The van der Waals surface area contributed by atoms with Crippen LogP contribution in [0, 0.1) is 6.92 Å². The average Bonchev–Trinajstić information content (AvgIpc) is 3.34. The number of carbonyl (C=O) groups excluding carboxylic acids is 1. The van der Waals surface area contributed by atoms with Gasteiger partial charge in [-0.1, -0.05) is 38.1 Å². The number of aromatic nitrogens is 2. The highest BCUT2D eigenvalue weighted by atomic mass is 16.5. The Labute approximate surface area is 242 Å². The van der Waals surface area contributed by atoms with E-state index < -0.39 is 0 Å². The van der Waals surface area contributed by atoms with Crippen molar-refractivity contribution in [3.05, 3.63) is 77.1 Å². The summed E-state index contributed by atoms with van der Waals surface area (Å²) in [5.41, 5.74) is 4.77. The second-order valence-corrected chi connectivity index (χ2v) is 10.5. The summed E-state index contributed by atoms with van der Waals surface area (Å²) in [7, 11) is 4.59. The first kappa shape index (κ1) is 29.8. The lowest BCUT2D eigenvalue weighted by Gasteiger charge is -2.18. The number of fused-ring (bicyclic) bond motifs is 1. The Balaban J connectivity index is 1.47. The molecular weight excluding hydrogens is 518 g/mol. The van der Waals surface area contributed by atoms with Gasteiger partial charge in [-0.25, -0.2) is 4.98 Å². The Morgan fingerprint density at radius 2 is 1.61 bits per heavy atom. The van der Waals surface area contributed by atoms with Gasteiger partial charge in [-0.3, -0.25) is 4.79 Å². The molecule has 0 bridgehead atoms. The van der Waals surface area contributed by atoms with E-state index in [1.807, 2.05) is 25.1 Å². The van der Waals surface area contributed by atoms with Gasteiger partial charge < -0.3 is 28.8 Å². The van der Waals surface area contributed by atoms with Crippen LogP contribution >= 0.6 is 0 Å². The van der Waals surface area contributed by atoms with Gasteiger partial charge in [0, 0.05) is 12.1 Å². The number of hydrogen-bond donors (Lipinski definition) is 1. The van der Waals surface area contributed by atoms with Crippen LogP contribution in [0.5, 0.6) is 23.0 Å². The summed E-state index contributed by atoms with van der Waals surface area (Å²) in [5.74, 6) is 3.19. The van der Waals surface area contributed by atoms with E-state index in [0.717, 1.165) is 42.0 Å². The van der Waals surface area contributed by atoms with Crippen LogP contribution in [0.15, 0.2) is 54.6 Å². The van der Waals surface area contributed by atoms with Crippen LogP contribution in [0.4, 0.5) is 0 Å². The van der Waals surface area contributed by atoms with Gasteiger partial charge in [-0.15, -0.1) is 0 Å². The molecule has 4 rings (SSSR count). The fraction of sp³-hybridized carbons (Fsp3) is 0.394. The van der Waals surface area contributed by atoms with Gasteiger partial charge in [0.05, 0.1) is 45.0 Å². The summed E-state index contributed by atoms with van der Waals surface area (Å²) in [5, 5.41) is 3.10. The molecule has 1 atom stereocenters. The number of nitrogens with zero attached hydrogens (tertiary/aromatic N) is 2. The van der Waals surface area contributed by atoms with E-state index >= 15 is 0 Å². The molecule has 0 fully saturated rings. The zero-order valence-corrected chi connectivity index (χ0v) is 25.1. The molecule has 3 aromatic carbocycles. The number of benzene rings is 3. The van der Waals surface area contributed by atoms with Gasteiger partial charge in [0.1, 0.15) is 11.6 Å². The second-order valence-electron chi connectivity index (χ2n) is 10.5. The molecule has 0 saturated carbocycles. The minimum atomic E-state index is -0.342. The molecule has 1 aromatic heterocycles. The van der Waals surface area contributed by atoms with E-state index in [2.05, 4.69) is 54.9 Å². The molecule has 0 aliphatic carbocycles. The van der Waals surface area contributed by atoms with E-state index in [4.69, 9.17) is 23.9 Å². The van der Waals surface area contributed by atoms with Gasteiger partial charge in [-0.2, -0.15) is 0 Å². The number of imidazole rings is 1. The number of amides is 1. The molecule has 4 aromatic rings. The lowest BCUT2D eigenvalue weighted by molar-refractivity contribution is 0.0936. The number of para-hydroxylation sites is 2. The summed E-state index contributed by atoms with van der Waals surface area (Å²) < 4.78 is 24.6. The monoisotopic (exact) mass is 559 g/mol. The molecule has 0 radical (unpaired) electrons. The number of aryl methyl sites for hydroxylation is 2. The molecule has 8 heteroatoms. The van der Waals surface area contributed by atoms with E-state index in [0.29, 0.717) is 35.3 Å². The first-order valence-corrected chi connectivity index (χ1v) is 14.1. The van der Waals surface area contributed by atoms with Crippen LogP contribution in [0.25, 0.3) is 11.0 Å². The second kappa shape index (κ2) is 13.4. The van der Waals surface area contributed by atoms with E-state index in [9.17, 15) is 4.79 Å². The summed E-state index contributed by atoms with van der Waals surface area (Å²) in [6.45, 7) is 9.80. The molecule has 218 valence electrons. The standard InChI is InChI=1S/C33H41N3O5/c1-21(2)25-15-14-22(3)18-28(25)41-17-11-10-16-36-27-13-9-8-12-26(27)35-32(36)23(4)34-33(37)24-19-29(38-5)31(40-7)30(20-24)39-6/h8-9,12-15,18-21,23H,10-11,16-17H2,1-7H3,(H,34,37). The van der Waals surface area contributed by atoms with Crippen molar-refractivity contribution in [2.75, 3.05) is 27.9 Å². The number of nitrogens with one attached hydrogen (secondary N) is 1. The number of methoxy groups -OCH3 is 3. The first-order chi connectivity index (χ1) is 19.8. The quantitative estimate of drug-likeness (QED) is 0.181. The van der Waals surface area contributed by atoms with Crippen molar-refractivity contribution < 1.29 is 23.7 Å². The Morgan fingerprint density at radius 3 is 2.27 bits per heavy atom. The summed E-state index contributed by atoms with van der Waals surface area (Å²) in [6.07, 6.45) is 1.80. The summed E-state index contributed by atoms with van der Waals surface area (Å²) in [4.78, 5) is 18.2. The van der Waals surface area contributed by atoms with Crippen LogP contribution < -0.4 is 24.3 Å². The molecule has 8 nitrogen and oxygen atoms in total. The smallest absolute Gasteiger partial charge is 0.252 e. The van der Waals surface area contributed by atoms with Gasteiger partial charge >= 0.3 is 0 Å². The molecule has 1 N–H and O–H groups in total. The number of rotatable bonds is 13. The largest absolute Gasteiger partial charge is 0.493 e. The molecule has 1 heterocycles.